The van der Waals surface area contributed by atoms with Crippen LogP contribution in [0.25, 0.3) is 23.1 Å². The Morgan fingerprint density at radius 2 is 1.91 bits per heavy atom. The Bertz CT molecular complexity index is 1430. The van der Waals surface area contributed by atoms with Gasteiger partial charge in [0.2, 0.25) is 5.88 Å². The van der Waals surface area contributed by atoms with E-state index in [0.717, 1.165) is 32.1 Å². The second-order valence-corrected chi connectivity index (χ2v) is 8.43. The first-order chi connectivity index (χ1) is 16.2. The molecule has 3 aromatic heterocycles. The fourth-order valence-corrected chi connectivity index (χ4v) is 4.43. The van der Waals surface area contributed by atoms with Crippen molar-refractivity contribution in [2.45, 2.75) is 9.79 Å². The highest BCUT2D eigenvalue weighted by Gasteiger charge is 2.19. The summed E-state index contributed by atoms with van der Waals surface area (Å²) in [5, 5.41) is 8.56. The molecule has 0 saturated heterocycles. The third-order valence-electron chi connectivity index (χ3n) is 5.15. The van der Waals surface area contributed by atoms with E-state index in [9.17, 15) is 4.79 Å². The maximum atomic E-state index is 13.1. The number of hydrogen-bond acceptors (Lipinski definition) is 5. The van der Waals surface area contributed by atoms with Crippen molar-refractivity contribution in [3.63, 3.8) is 0 Å². The van der Waals surface area contributed by atoms with E-state index in [0.29, 0.717) is 11.4 Å². The molecule has 0 aliphatic carbocycles. The number of H-pyrrole nitrogens is 1. The van der Waals surface area contributed by atoms with Gasteiger partial charge in [0.25, 0.3) is 5.91 Å². The van der Waals surface area contributed by atoms with Crippen LogP contribution in [0, 0.1) is 0 Å². The summed E-state index contributed by atoms with van der Waals surface area (Å²) in [4.78, 5) is 20.8. The number of aromatic amines is 1. The molecule has 0 fully saturated rings. The van der Waals surface area contributed by atoms with Crippen molar-refractivity contribution >= 4 is 46.6 Å². The minimum Gasteiger partial charge on any atom is -0.448 e. The normalized spacial score (nSPS) is 11.3. The van der Waals surface area contributed by atoms with Crippen molar-refractivity contribution in [2.24, 2.45) is 0 Å². The summed E-state index contributed by atoms with van der Waals surface area (Å²) in [7, 11) is 1.71. The van der Waals surface area contributed by atoms with Crippen molar-refractivity contribution < 1.29 is 9.21 Å². The highest BCUT2D eigenvalue weighted by Crippen LogP contribution is 2.33. The van der Waals surface area contributed by atoms with Crippen LogP contribution < -0.4 is 4.90 Å². The van der Waals surface area contributed by atoms with Crippen LogP contribution in [0.5, 0.6) is 0 Å². The lowest BCUT2D eigenvalue weighted by Gasteiger charge is -2.16. The molecular formula is C26H20N4O2S. The van der Waals surface area contributed by atoms with E-state index >= 15 is 0 Å². The Kier molecular flexibility index (Phi) is 5.78. The fourth-order valence-electron chi connectivity index (χ4n) is 3.45. The molecule has 162 valence electrons. The number of carbonyl (C=O) groups excluding carboxylic acids is 1. The number of nitrogens with zero attached hydrogens (tertiary/aromatic N) is 3. The molecule has 0 radical (unpaired) electrons. The van der Waals surface area contributed by atoms with Gasteiger partial charge in [0, 0.05) is 34.5 Å². The molecule has 0 saturated carbocycles. The van der Waals surface area contributed by atoms with E-state index in [1.54, 1.807) is 31.6 Å². The van der Waals surface area contributed by atoms with Gasteiger partial charge in [0.15, 0.2) is 0 Å². The molecule has 2 aromatic carbocycles. The maximum absolute atomic E-state index is 13.1. The summed E-state index contributed by atoms with van der Waals surface area (Å²) in [5.41, 5.74) is 3.27. The van der Waals surface area contributed by atoms with Gasteiger partial charge in [0.05, 0.1) is 28.7 Å². The SMILES string of the molecule is CN(C(=O)c1ccccc1Sc1ccc2c(/C=C/c3ccccn3)n[nH]c2c1)c1ccco1. The van der Waals surface area contributed by atoms with Gasteiger partial charge < -0.3 is 4.42 Å². The van der Waals surface area contributed by atoms with E-state index in [-0.39, 0.29) is 5.91 Å². The highest BCUT2D eigenvalue weighted by molar-refractivity contribution is 7.99. The number of anilines is 1. The van der Waals surface area contributed by atoms with E-state index < -0.39 is 0 Å². The number of hydrogen-bond donors (Lipinski definition) is 1. The van der Waals surface area contributed by atoms with Crippen LogP contribution in [0.4, 0.5) is 5.88 Å². The van der Waals surface area contributed by atoms with Crippen molar-refractivity contribution in [3.8, 4) is 0 Å². The van der Waals surface area contributed by atoms with Gasteiger partial charge in [-0.05, 0) is 60.7 Å². The summed E-state index contributed by atoms with van der Waals surface area (Å²) >= 11 is 1.54. The van der Waals surface area contributed by atoms with Crippen LogP contribution in [0.15, 0.2) is 99.5 Å². The van der Waals surface area contributed by atoms with Gasteiger partial charge in [-0.3, -0.25) is 19.8 Å². The first-order valence-electron chi connectivity index (χ1n) is 10.3. The Balaban J connectivity index is 1.39. The van der Waals surface area contributed by atoms with Crippen LogP contribution in [0.2, 0.25) is 0 Å². The molecular weight excluding hydrogens is 432 g/mol. The lowest BCUT2D eigenvalue weighted by Crippen LogP contribution is -2.26. The quantitative estimate of drug-likeness (QED) is 0.334. The first-order valence-corrected chi connectivity index (χ1v) is 11.2. The molecule has 0 aliphatic heterocycles. The smallest absolute Gasteiger partial charge is 0.261 e. The number of aromatic nitrogens is 3. The zero-order valence-electron chi connectivity index (χ0n) is 17.8. The molecule has 7 heteroatoms. The minimum absolute atomic E-state index is 0.127. The molecule has 33 heavy (non-hydrogen) atoms. The summed E-state index contributed by atoms with van der Waals surface area (Å²) in [6.45, 7) is 0. The molecule has 1 amide bonds. The monoisotopic (exact) mass is 452 g/mol. The lowest BCUT2D eigenvalue weighted by molar-refractivity contribution is 0.0986. The van der Waals surface area contributed by atoms with Crippen LogP contribution in [-0.2, 0) is 0 Å². The van der Waals surface area contributed by atoms with Gasteiger partial charge in [0.1, 0.15) is 0 Å². The number of rotatable bonds is 6. The van der Waals surface area contributed by atoms with Crippen molar-refractivity contribution in [3.05, 3.63) is 102 Å². The number of carbonyl (C=O) groups is 1. The minimum atomic E-state index is -0.127. The molecule has 5 rings (SSSR count). The average molecular weight is 453 g/mol. The van der Waals surface area contributed by atoms with Crippen molar-refractivity contribution in [1.29, 1.82) is 0 Å². The number of benzene rings is 2. The molecule has 5 aromatic rings. The standard InChI is InChI=1S/C26H20N4O2S/c1-30(25-10-6-16-32-25)26(31)21-8-2-3-9-24(21)33-19-12-13-20-22(28-29-23(20)17-19)14-11-18-7-4-5-15-27-18/h2-17H,1H3,(H,28,29)/b14-11+. The number of pyridine rings is 1. The second kappa shape index (κ2) is 9.18. The van der Waals surface area contributed by atoms with Gasteiger partial charge in [-0.1, -0.05) is 30.0 Å². The summed E-state index contributed by atoms with van der Waals surface area (Å²) in [6, 6.07) is 23.0. The molecule has 6 nitrogen and oxygen atoms in total. The van der Waals surface area contributed by atoms with E-state index in [2.05, 4.69) is 15.2 Å². The van der Waals surface area contributed by atoms with Gasteiger partial charge in [-0.25, -0.2) is 0 Å². The fraction of sp³-hybridized carbons (Fsp3) is 0.0385. The van der Waals surface area contributed by atoms with Crippen LogP contribution in [0.1, 0.15) is 21.7 Å². The highest BCUT2D eigenvalue weighted by atomic mass is 32.2. The van der Waals surface area contributed by atoms with Crippen LogP contribution >= 0.6 is 11.8 Å². The second-order valence-electron chi connectivity index (χ2n) is 7.32. The molecule has 3 heterocycles. The largest absolute Gasteiger partial charge is 0.448 e. The van der Waals surface area contributed by atoms with E-state index in [4.69, 9.17) is 4.42 Å². The van der Waals surface area contributed by atoms with Gasteiger partial charge in [-0.2, -0.15) is 5.10 Å². The first kappa shape index (κ1) is 20.8. The summed E-state index contributed by atoms with van der Waals surface area (Å²) < 4.78 is 5.37. The molecule has 0 unspecified atom stereocenters. The maximum Gasteiger partial charge on any atom is 0.261 e. The Morgan fingerprint density at radius 3 is 2.73 bits per heavy atom. The average Bonchev–Trinajstić information content (AvgIpc) is 3.53. The van der Waals surface area contributed by atoms with Crippen molar-refractivity contribution in [2.75, 3.05) is 11.9 Å². The van der Waals surface area contributed by atoms with E-state index in [1.807, 2.05) is 72.8 Å². The van der Waals surface area contributed by atoms with Crippen molar-refractivity contribution in [1.82, 2.24) is 15.2 Å². The zero-order valence-corrected chi connectivity index (χ0v) is 18.6. The number of nitrogens with one attached hydrogen (secondary N) is 1. The summed E-state index contributed by atoms with van der Waals surface area (Å²) in [6.07, 6.45) is 7.21. The number of amides is 1. The molecule has 0 bridgehead atoms. The Labute approximate surface area is 195 Å². The third-order valence-corrected chi connectivity index (χ3v) is 6.22. The zero-order chi connectivity index (χ0) is 22.6. The van der Waals surface area contributed by atoms with Gasteiger partial charge in [-0.15, -0.1) is 0 Å². The third kappa shape index (κ3) is 4.44. The molecule has 0 atom stereocenters. The number of fused-ring (bicyclic) bond motifs is 1. The summed E-state index contributed by atoms with van der Waals surface area (Å²) in [5.74, 6) is 0.377. The van der Waals surface area contributed by atoms with E-state index in [1.165, 1.54) is 16.7 Å². The predicted molar refractivity (Wildman–Crippen MR) is 131 cm³/mol. The molecule has 0 aliphatic rings. The topological polar surface area (TPSA) is 75.0 Å². The molecule has 1 N–H and O–H groups in total. The molecule has 0 spiro atoms. The number of furan rings is 1. The predicted octanol–water partition coefficient (Wildman–Crippen LogP) is 6.15. The Morgan fingerprint density at radius 1 is 1.03 bits per heavy atom. The van der Waals surface area contributed by atoms with Crippen LogP contribution in [-0.4, -0.2) is 28.1 Å². The van der Waals surface area contributed by atoms with Gasteiger partial charge >= 0.3 is 0 Å². The lowest BCUT2D eigenvalue weighted by atomic mass is 10.2. The Hall–Kier alpha value is -4.10. The van der Waals surface area contributed by atoms with Crippen LogP contribution in [0.3, 0.4) is 0 Å².